The van der Waals surface area contributed by atoms with Gasteiger partial charge in [0.2, 0.25) is 0 Å². The maximum Gasteiger partial charge on any atom is 0.138 e. The van der Waals surface area contributed by atoms with Crippen molar-refractivity contribution in [1.82, 2.24) is 0 Å². The summed E-state index contributed by atoms with van der Waals surface area (Å²) in [6, 6.07) is 0. The van der Waals surface area contributed by atoms with E-state index in [0.29, 0.717) is 24.0 Å². The summed E-state index contributed by atoms with van der Waals surface area (Å²) in [5.74, 6) is 1.96. The molecular formula is C17H34O3. The van der Waals surface area contributed by atoms with Crippen LogP contribution in [-0.4, -0.2) is 24.8 Å². The SMILES string of the molecule is CC(C)C(C)C(=O)C(C)C(C)C.COC(C)CC(C)=O. The zero-order valence-electron chi connectivity index (χ0n) is 14.8. The number of Topliss-reactive ketones (excluding diaryl/α,β-unsaturated/α-hetero) is 2. The zero-order valence-corrected chi connectivity index (χ0v) is 14.8. The van der Waals surface area contributed by atoms with Crippen LogP contribution in [0.3, 0.4) is 0 Å². The van der Waals surface area contributed by atoms with Crippen molar-refractivity contribution in [2.45, 2.75) is 67.9 Å². The van der Waals surface area contributed by atoms with E-state index in [9.17, 15) is 9.59 Å². The second-order valence-electron chi connectivity index (χ2n) is 6.42. The largest absolute Gasteiger partial charge is 0.381 e. The number of carbonyl (C=O) groups excluding carboxylic acids is 2. The van der Waals surface area contributed by atoms with Crippen LogP contribution in [0.25, 0.3) is 0 Å². The highest BCUT2D eigenvalue weighted by molar-refractivity contribution is 5.83. The minimum atomic E-state index is 0.0764. The molecule has 0 spiro atoms. The molecule has 0 amide bonds. The number of ether oxygens (including phenoxy) is 1. The highest BCUT2D eigenvalue weighted by atomic mass is 16.5. The highest BCUT2D eigenvalue weighted by Crippen LogP contribution is 2.20. The van der Waals surface area contributed by atoms with Gasteiger partial charge in [0.05, 0.1) is 6.10 Å². The molecule has 0 saturated heterocycles. The van der Waals surface area contributed by atoms with E-state index in [1.165, 1.54) is 0 Å². The van der Waals surface area contributed by atoms with Crippen LogP contribution >= 0.6 is 0 Å². The Hall–Kier alpha value is -0.700. The highest BCUT2D eigenvalue weighted by Gasteiger charge is 2.24. The molecule has 20 heavy (non-hydrogen) atoms. The molecule has 0 fully saturated rings. The fourth-order valence-corrected chi connectivity index (χ4v) is 1.56. The van der Waals surface area contributed by atoms with Gasteiger partial charge in [-0.1, -0.05) is 41.5 Å². The standard InChI is InChI=1S/C11H22O.C6H12O2/c1-7(2)9(5)11(12)10(6)8(3)4;1-5(7)4-6(2)8-3/h7-10H,1-6H3;6H,4H2,1-3H3. The van der Waals surface area contributed by atoms with E-state index in [4.69, 9.17) is 4.74 Å². The second kappa shape index (κ2) is 11.0. The van der Waals surface area contributed by atoms with Crippen molar-refractivity contribution in [2.75, 3.05) is 7.11 Å². The lowest BCUT2D eigenvalue weighted by molar-refractivity contribution is -0.128. The lowest BCUT2D eigenvalue weighted by Crippen LogP contribution is -2.26. The van der Waals surface area contributed by atoms with Gasteiger partial charge in [0.25, 0.3) is 0 Å². The lowest BCUT2D eigenvalue weighted by atomic mass is 9.82. The van der Waals surface area contributed by atoms with Gasteiger partial charge in [-0.3, -0.25) is 9.59 Å². The third-order valence-corrected chi connectivity index (χ3v) is 3.87. The van der Waals surface area contributed by atoms with E-state index < -0.39 is 0 Å². The van der Waals surface area contributed by atoms with Crippen LogP contribution in [-0.2, 0) is 14.3 Å². The third-order valence-electron chi connectivity index (χ3n) is 3.87. The number of methoxy groups -OCH3 is 1. The molecule has 0 bridgehead atoms. The third kappa shape index (κ3) is 10.1. The van der Waals surface area contributed by atoms with Gasteiger partial charge in [0.15, 0.2) is 0 Å². The van der Waals surface area contributed by atoms with Crippen LogP contribution in [0.15, 0.2) is 0 Å². The van der Waals surface area contributed by atoms with Crippen molar-refractivity contribution in [3.8, 4) is 0 Å². The van der Waals surface area contributed by atoms with Crippen molar-refractivity contribution in [3.05, 3.63) is 0 Å². The van der Waals surface area contributed by atoms with Gasteiger partial charge in [0, 0.05) is 25.4 Å². The summed E-state index contributed by atoms with van der Waals surface area (Å²) in [4.78, 5) is 22.1. The molecule has 0 N–H and O–H groups in total. The molecule has 3 unspecified atom stereocenters. The summed E-state index contributed by atoms with van der Waals surface area (Å²) < 4.78 is 4.84. The average Bonchev–Trinajstić information content (AvgIpc) is 2.35. The van der Waals surface area contributed by atoms with Gasteiger partial charge in [-0.15, -0.1) is 0 Å². The number of hydrogen-bond acceptors (Lipinski definition) is 3. The van der Waals surface area contributed by atoms with E-state index in [1.807, 2.05) is 20.8 Å². The van der Waals surface area contributed by atoms with Crippen LogP contribution in [0.5, 0.6) is 0 Å². The van der Waals surface area contributed by atoms with Crippen molar-refractivity contribution < 1.29 is 14.3 Å². The number of carbonyl (C=O) groups is 2. The molecule has 0 saturated carbocycles. The Labute approximate surface area is 125 Å². The first kappa shape index (κ1) is 21.6. The molecule has 0 aliphatic carbocycles. The summed E-state index contributed by atoms with van der Waals surface area (Å²) in [6.07, 6.45) is 0.601. The molecular weight excluding hydrogens is 252 g/mol. The van der Waals surface area contributed by atoms with E-state index in [1.54, 1.807) is 14.0 Å². The molecule has 0 aromatic carbocycles. The molecule has 0 aromatic rings. The smallest absolute Gasteiger partial charge is 0.138 e. The fourth-order valence-electron chi connectivity index (χ4n) is 1.56. The minimum Gasteiger partial charge on any atom is -0.381 e. The van der Waals surface area contributed by atoms with Crippen molar-refractivity contribution in [2.24, 2.45) is 23.7 Å². The minimum absolute atomic E-state index is 0.0764. The normalized spacial score (nSPS) is 15.3. The van der Waals surface area contributed by atoms with E-state index in [2.05, 4.69) is 27.7 Å². The Morgan fingerprint density at radius 1 is 0.850 bits per heavy atom. The monoisotopic (exact) mass is 286 g/mol. The van der Waals surface area contributed by atoms with Gasteiger partial charge >= 0.3 is 0 Å². The molecule has 0 rings (SSSR count). The summed E-state index contributed by atoms with van der Waals surface area (Å²) in [5.41, 5.74) is 0. The van der Waals surface area contributed by atoms with Gasteiger partial charge in [-0.05, 0) is 25.7 Å². The Bertz CT molecular complexity index is 266. The number of rotatable bonds is 7. The molecule has 120 valence electrons. The molecule has 0 radical (unpaired) electrons. The molecule has 0 aromatic heterocycles. The molecule has 0 heterocycles. The molecule has 0 aliphatic rings. The molecule has 3 atom stereocenters. The quantitative estimate of drug-likeness (QED) is 0.706. The Morgan fingerprint density at radius 2 is 1.20 bits per heavy atom. The maximum atomic E-state index is 11.7. The Morgan fingerprint density at radius 3 is 1.35 bits per heavy atom. The van der Waals surface area contributed by atoms with Gasteiger partial charge in [0.1, 0.15) is 11.6 Å². The maximum absolute atomic E-state index is 11.7. The number of hydrogen-bond donors (Lipinski definition) is 0. The van der Waals surface area contributed by atoms with Crippen molar-refractivity contribution in [1.29, 1.82) is 0 Å². The van der Waals surface area contributed by atoms with E-state index in [0.717, 1.165) is 0 Å². The molecule has 3 heteroatoms. The van der Waals surface area contributed by atoms with Crippen LogP contribution in [0.1, 0.15) is 61.8 Å². The van der Waals surface area contributed by atoms with Gasteiger partial charge < -0.3 is 4.74 Å². The Kier molecular flexibility index (Phi) is 11.9. The average molecular weight is 286 g/mol. The van der Waals surface area contributed by atoms with Gasteiger partial charge in [-0.25, -0.2) is 0 Å². The van der Waals surface area contributed by atoms with E-state index in [-0.39, 0.29) is 23.7 Å². The first-order valence-corrected chi connectivity index (χ1v) is 7.60. The fraction of sp³-hybridized carbons (Fsp3) is 0.882. The first-order chi connectivity index (χ1) is 9.04. The summed E-state index contributed by atoms with van der Waals surface area (Å²) in [7, 11) is 1.60. The second-order valence-corrected chi connectivity index (χ2v) is 6.42. The zero-order chi connectivity index (χ0) is 16.5. The summed E-state index contributed by atoms with van der Waals surface area (Å²) >= 11 is 0. The lowest BCUT2D eigenvalue weighted by Gasteiger charge is -2.21. The van der Waals surface area contributed by atoms with Crippen LogP contribution in [0.2, 0.25) is 0 Å². The Balaban J connectivity index is 0. The van der Waals surface area contributed by atoms with Crippen LogP contribution in [0, 0.1) is 23.7 Å². The molecule has 3 nitrogen and oxygen atoms in total. The first-order valence-electron chi connectivity index (χ1n) is 7.60. The topological polar surface area (TPSA) is 43.4 Å². The van der Waals surface area contributed by atoms with Crippen LogP contribution < -0.4 is 0 Å². The van der Waals surface area contributed by atoms with E-state index >= 15 is 0 Å². The molecule has 0 aliphatic heterocycles. The van der Waals surface area contributed by atoms with Gasteiger partial charge in [-0.2, -0.15) is 0 Å². The summed E-state index contributed by atoms with van der Waals surface area (Å²) in [5, 5.41) is 0. The van der Waals surface area contributed by atoms with Crippen LogP contribution in [0.4, 0.5) is 0 Å². The number of ketones is 2. The summed E-state index contributed by atoms with van der Waals surface area (Å²) in [6.45, 7) is 15.9. The predicted molar refractivity (Wildman–Crippen MR) is 84.8 cm³/mol. The predicted octanol–water partition coefficient (Wildman–Crippen LogP) is 4.14. The van der Waals surface area contributed by atoms with Crippen molar-refractivity contribution in [3.63, 3.8) is 0 Å². The van der Waals surface area contributed by atoms with Crippen molar-refractivity contribution >= 4 is 11.6 Å².